The molecule has 0 spiro atoms. The van der Waals surface area contributed by atoms with Gasteiger partial charge in [0, 0.05) is 18.7 Å². The number of hydrogen-bond donors (Lipinski definition) is 2. The van der Waals surface area contributed by atoms with Crippen LogP contribution in [0.3, 0.4) is 0 Å². The zero-order valence-corrected chi connectivity index (χ0v) is 19.3. The molecular formula is C21H30IN3O3. The highest BCUT2D eigenvalue weighted by molar-refractivity contribution is 14.0. The van der Waals surface area contributed by atoms with Crippen LogP contribution in [0, 0.1) is 0 Å². The second-order valence-corrected chi connectivity index (χ2v) is 5.86. The molecule has 28 heavy (non-hydrogen) atoms. The zero-order valence-electron chi connectivity index (χ0n) is 17.0. The Morgan fingerprint density at radius 2 is 1.61 bits per heavy atom. The molecule has 0 bridgehead atoms. The van der Waals surface area contributed by atoms with Gasteiger partial charge in [0.05, 0.1) is 27.9 Å². The molecule has 2 rings (SSSR count). The van der Waals surface area contributed by atoms with Gasteiger partial charge in [-0.2, -0.15) is 0 Å². The smallest absolute Gasteiger partial charge is 0.191 e. The molecule has 7 heteroatoms. The Morgan fingerprint density at radius 1 is 0.893 bits per heavy atom. The second kappa shape index (κ2) is 13.1. The van der Waals surface area contributed by atoms with Crippen LogP contribution in [0.15, 0.2) is 47.5 Å². The Kier molecular flexibility index (Phi) is 11.2. The molecule has 0 aliphatic rings. The van der Waals surface area contributed by atoms with Crippen LogP contribution >= 0.6 is 24.0 Å². The monoisotopic (exact) mass is 499 g/mol. The third-order valence-electron chi connectivity index (χ3n) is 4.12. The largest absolute Gasteiger partial charge is 0.497 e. The zero-order chi connectivity index (χ0) is 19.5. The van der Waals surface area contributed by atoms with E-state index in [0.717, 1.165) is 53.8 Å². The van der Waals surface area contributed by atoms with Crippen LogP contribution in [0.4, 0.5) is 0 Å². The summed E-state index contributed by atoms with van der Waals surface area (Å²) in [6.45, 7) is 4.11. The number of aliphatic imine (C=N–C) groups is 1. The molecule has 0 amide bonds. The fraction of sp³-hybridized carbons (Fsp3) is 0.381. The van der Waals surface area contributed by atoms with E-state index < -0.39 is 0 Å². The first-order valence-corrected chi connectivity index (χ1v) is 9.06. The van der Waals surface area contributed by atoms with E-state index in [4.69, 9.17) is 14.2 Å². The summed E-state index contributed by atoms with van der Waals surface area (Å²) >= 11 is 0. The van der Waals surface area contributed by atoms with Crippen LogP contribution in [0.25, 0.3) is 0 Å². The van der Waals surface area contributed by atoms with Crippen molar-refractivity contribution < 1.29 is 14.2 Å². The summed E-state index contributed by atoms with van der Waals surface area (Å²) < 4.78 is 16.1. The van der Waals surface area contributed by atoms with Gasteiger partial charge in [0.25, 0.3) is 0 Å². The molecule has 0 fully saturated rings. The Morgan fingerprint density at radius 3 is 2.29 bits per heavy atom. The normalized spacial score (nSPS) is 10.6. The third kappa shape index (κ3) is 7.10. The highest BCUT2D eigenvalue weighted by Crippen LogP contribution is 2.24. The molecule has 2 aromatic carbocycles. The van der Waals surface area contributed by atoms with E-state index >= 15 is 0 Å². The number of methoxy groups -OCH3 is 3. The molecule has 0 radical (unpaired) electrons. The SMILES string of the molecule is CCNC(=NCc1ccccc1OC)NCCc1cc(OC)ccc1OC.I. The predicted molar refractivity (Wildman–Crippen MR) is 124 cm³/mol. The minimum atomic E-state index is 0. The van der Waals surface area contributed by atoms with Gasteiger partial charge in [-0.25, -0.2) is 4.99 Å². The first-order valence-electron chi connectivity index (χ1n) is 9.06. The van der Waals surface area contributed by atoms with Gasteiger partial charge in [-0.05, 0) is 43.2 Å². The highest BCUT2D eigenvalue weighted by Gasteiger charge is 2.06. The maximum Gasteiger partial charge on any atom is 0.191 e. The van der Waals surface area contributed by atoms with Gasteiger partial charge < -0.3 is 24.8 Å². The van der Waals surface area contributed by atoms with Crippen LogP contribution in [0.1, 0.15) is 18.1 Å². The fourth-order valence-corrected chi connectivity index (χ4v) is 2.73. The number of ether oxygens (including phenoxy) is 3. The van der Waals surface area contributed by atoms with E-state index in [0.29, 0.717) is 6.54 Å². The van der Waals surface area contributed by atoms with Crippen molar-refractivity contribution in [2.75, 3.05) is 34.4 Å². The van der Waals surface area contributed by atoms with E-state index in [1.807, 2.05) is 49.4 Å². The van der Waals surface area contributed by atoms with Crippen molar-refractivity contribution in [3.63, 3.8) is 0 Å². The number of guanidine groups is 1. The maximum atomic E-state index is 5.44. The van der Waals surface area contributed by atoms with E-state index in [1.54, 1.807) is 21.3 Å². The Balaban J connectivity index is 0.00000392. The summed E-state index contributed by atoms with van der Waals surface area (Å²) in [4.78, 5) is 4.66. The minimum Gasteiger partial charge on any atom is -0.497 e. The lowest BCUT2D eigenvalue weighted by Crippen LogP contribution is -2.38. The fourth-order valence-electron chi connectivity index (χ4n) is 2.73. The Labute approximate surface area is 184 Å². The number of rotatable bonds is 9. The average molecular weight is 499 g/mol. The van der Waals surface area contributed by atoms with Crippen molar-refractivity contribution in [1.82, 2.24) is 10.6 Å². The molecule has 2 aromatic rings. The summed E-state index contributed by atoms with van der Waals surface area (Å²) in [5.41, 5.74) is 2.14. The maximum absolute atomic E-state index is 5.44. The number of halogens is 1. The van der Waals surface area contributed by atoms with E-state index in [1.165, 1.54) is 0 Å². The molecule has 0 aliphatic carbocycles. The molecule has 154 valence electrons. The standard InChI is InChI=1S/C21H29N3O3.HI/c1-5-22-21(24-15-17-8-6-7-9-19(17)26-3)23-13-12-16-14-18(25-2)10-11-20(16)27-4;/h6-11,14H,5,12-13,15H2,1-4H3,(H2,22,23,24);1H. The predicted octanol–water partition coefficient (Wildman–Crippen LogP) is 3.63. The van der Waals surface area contributed by atoms with Crippen LogP contribution in [-0.4, -0.2) is 40.4 Å². The van der Waals surface area contributed by atoms with Crippen molar-refractivity contribution in [3.8, 4) is 17.2 Å². The van der Waals surface area contributed by atoms with Crippen molar-refractivity contribution in [2.24, 2.45) is 4.99 Å². The van der Waals surface area contributed by atoms with Crippen LogP contribution in [0.5, 0.6) is 17.2 Å². The van der Waals surface area contributed by atoms with Crippen LogP contribution in [0.2, 0.25) is 0 Å². The topological polar surface area (TPSA) is 64.1 Å². The van der Waals surface area contributed by atoms with Crippen molar-refractivity contribution >= 4 is 29.9 Å². The molecule has 0 unspecified atom stereocenters. The van der Waals surface area contributed by atoms with Gasteiger partial charge >= 0.3 is 0 Å². The van der Waals surface area contributed by atoms with Gasteiger partial charge in [-0.15, -0.1) is 24.0 Å². The van der Waals surface area contributed by atoms with Gasteiger partial charge in [0.2, 0.25) is 0 Å². The Bertz CT molecular complexity index is 753. The average Bonchev–Trinajstić information content (AvgIpc) is 2.72. The molecule has 0 aromatic heterocycles. The molecule has 2 N–H and O–H groups in total. The summed E-state index contributed by atoms with van der Waals surface area (Å²) in [6, 6.07) is 13.7. The van der Waals surface area contributed by atoms with E-state index in [-0.39, 0.29) is 24.0 Å². The first kappa shape index (κ1) is 23.9. The van der Waals surface area contributed by atoms with Crippen LogP contribution in [-0.2, 0) is 13.0 Å². The molecule has 0 saturated carbocycles. The van der Waals surface area contributed by atoms with E-state index in [9.17, 15) is 0 Å². The quantitative estimate of drug-likeness (QED) is 0.314. The van der Waals surface area contributed by atoms with Gasteiger partial charge in [-0.1, -0.05) is 18.2 Å². The Hall–Kier alpha value is -2.16. The van der Waals surface area contributed by atoms with Crippen molar-refractivity contribution in [3.05, 3.63) is 53.6 Å². The number of nitrogens with zero attached hydrogens (tertiary/aromatic N) is 1. The molecular weight excluding hydrogens is 469 g/mol. The summed E-state index contributed by atoms with van der Waals surface area (Å²) in [6.07, 6.45) is 0.791. The molecule has 6 nitrogen and oxygen atoms in total. The lowest BCUT2D eigenvalue weighted by molar-refractivity contribution is 0.398. The number of nitrogens with one attached hydrogen (secondary N) is 2. The van der Waals surface area contributed by atoms with Crippen LogP contribution < -0.4 is 24.8 Å². The van der Waals surface area contributed by atoms with Gasteiger partial charge in [0.15, 0.2) is 5.96 Å². The lowest BCUT2D eigenvalue weighted by Gasteiger charge is -2.14. The molecule has 0 aliphatic heterocycles. The van der Waals surface area contributed by atoms with Gasteiger partial charge in [-0.3, -0.25) is 0 Å². The highest BCUT2D eigenvalue weighted by atomic mass is 127. The number of para-hydroxylation sites is 1. The molecule has 0 saturated heterocycles. The van der Waals surface area contributed by atoms with Crippen molar-refractivity contribution in [1.29, 1.82) is 0 Å². The summed E-state index contributed by atoms with van der Waals surface area (Å²) in [5.74, 6) is 3.29. The molecule has 0 heterocycles. The van der Waals surface area contributed by atoms with Gasteiger partial charge in [0.1, 0.15) is 17.2 Å². The third-order valence-corrected chi connectivity index (χ3v) is 4.12. The number of benzene rings is 2. The first-order chi connectivity index (χ1) is 13.2. The molecule has 0 atom stereocenters. The van der Waals surface area contributed by atoms with E-state index in [2.05, 4.69) is 15.6 Å². The lowest BCUT2D eigenvalue weighted by atomic mass is 10.1. The summed E-state index contributed by atoms with van der Waals surface area (Å²) in [5, 5.41) is 6.64. The second-order valence-electron chi connectivity index (χ2n) is 5.86. The number of hydrogen-bond acceptors (Lipinski definition) is 4. The summed E-state index contributed by atoms with van der Waals surface area (Å²) in [7, 11) is 5.02. The van der Waals surface area contributed by atoms with Crippen molar-refractivity contribution in [2.45, 2.75) is 19.9 Å². The minimum absolute atomic E-state index is 0.